The molecule has 25 heavy (non-hydrogen) atoms. The van der Waals surface area contributed by atoms with Gasteiger partial charge in [0.1, 0.15) is 5.56 Å². The summed E-state index contributed by atoms with van der Waals surface area (Å²) in [6, 6.07) is -0.0392. The summed E-state index contributed by atoms with van der Waals surface area (Å²) in [6.07, 6.45) is 7.15. The van der Waals surface area contributed by atoms with E-state index in [1.54, 1.807) is 16.5 Å². The van der Waals surface area contributed by atoms with Crippen LogP contribution in [-0.2, 0) is 0 Å². The highest BCUT2D eigenvalue weighted by atomic mass is 32.1. The van der Waals surface area contributed by atoms with Crippen LogP contribution in [0.3, 0.4) is 0 Å². The minimum Gasteiger partial charge on any atom is -0.390 e. The predicted molar refractivity (Wildman–Crippen MR) is 95.1 cm³/mol. The van der Waals surface area contributed by atoms with Crippen LogP contribution in [0.4, 0.5) is 0 Å². The van der Waals surface area contributed by atoms with Crippen molar-refractivity contribution in [3.63, 3.8) is 0 Å². The Labute approximate surface area is 149 Å². The van der Waals surface area contributed by atoms with Crippen LogP contribution < -0.4 is 5.56 Å². The fourth-order valence-corrected chi connectivity index (χ4v) is 4.54. The maximum atomic E-state index is 12.8. The van der Waals surface area contributed by atoms with Crippen molar-refractivity contribution >= 4 is 22.2 Å². The van der Waals surface area contributed by atoms with Gasteiger partial charge in [0.2, 0.25) is 0 Å². The Balaban J connectivity index is 1.54. The fourth-order valence-electron chi connectivity index (χ4n) is 3.86. The van der Waals surface area contributed by atoms with E-state index in [0.29, 0.717) is 11.5 Å². The predicted octanol–water partition coefficient (Wildman–Crippen LogP) is 0.817. The summed E-state index contributed by atoms with van der Waals surface area (Å²) >= 11 is 1.36. The highest BCUT2D eigenvalue weighted by Crippen LogP contribution is 2.21. The minimum absolute atomic E-state index is 0.0392. The number of rotatable bonds is 2. The number of amides is 1. The number of aliphatic hydroxyl groups excluding tert-OH is 1. The molecule has 0 saturated carbocycles. The Kier molecular flexibility index (Phi) is 4.58. The van der Waals surface area contributed by atoms with Crippen molar-refractivity contribution in [3.05, 3.63) is 33.7 Å². The third-order valence-electron chi connectivity index (χ3n) is 5.23. The molecule has 8 heteroatoms. The van der Waals surface area contributed by atoms with E-state index in [0.717, 1.165) is 25.9 Å². The molecule has 2 aliphatic heterocycles. The minimum atomic E-state index is -0.567. The van der Waals surface area contributed by atoms with Crippen LogP contribution in [0.2, 0.25) is 0 Å². The number of aromatic nitrogens is 2. The van der Waals surface area contributed by atoms with Crippen LogP contribution >= 0.6 is 11.3 Å². The molecule has 134 valence electrons. The number of hydrogen-bond donors (Lipinski definition) is 1. The van der Waals surface area contributed by atoms with E-state index in [1.807, 2.05) is 0 Å². The standard InChI is InChI=1S/C17H22N4O3S/c22-14-11-20(10-13(14)19-5-3-1-2-4-6-19)15(23)12-9-18-17-21(16(12)24)7-8-25-17/h7-9,13-14,22H,1-6,10-11H2/t13-,14-/m1/s1. The molecule has 0 radical (unpaired) electrons. The molecular weight excluding hydrogens is 340 g/mol. The molecule has 1 amide bonds. The summed E-state index contributed by atoms with van der Waals surface area (Å²) < 4.78 is 1.40. The summed E-state index contributed by atoms with van der Waals surface area (Å²) in [5.41, 5.74) is -0.274. The van der Waals surface area contributed by atoms with Crippen molar-refractivity contribution in [1.29, 1.82) is 0 Å². The van der Waals surface area contributed by atoms with Gasteiger partial charge in [-0.3, -0.25) is 18.9 Å². The van der Waals surface area contributed by atoms with Gasteiger partial charge in [-0.25, -0.2) is 4.98 Å². The zero-order chi connectivity index (χ0) is 17.4. The molecule has 0 aliphatic carbocycles. The van der Waals surface area contributed by atoms with Crippen LogP contribution in [0, 0.1) is 0 Å². The van der Waals surface area contributed by atoms with Gasteiger partial charge in [0.25, 0.3) is 11.5 Å². The van der Waals surface area contributed by atoms with Gasteiger partial charge in [0.15, 0.2) is 4.96 Å². The Morgan fingerprint density at radius 1 is 1.20 bits per heavy atom. The van der Waals surface area contributed by atoms with Crippen LogP contribution in [0.5, 0.6) is 0 Å². The Hall–Kier alpha value is -1.77. The second kappa shape index (κ2) is 6.86. The summed E-state index contributed by atoms with van der Waals surface area (Å²) in [6.45, 7) is 2.67. The maximum absolute atomic E-state index is 12.8. The van der Waals surface area contributed by atoms with Gasteiger partial charge in [-0.15, -0.1) is 11.3 Å². The lowest BCUT2D eigenvalue weighted by Crippen LogP contribution is -2.44. The molecule has 2 fully saturated rings. The average molecular weight is 362 g/mol. The van der Waals surface area contributed by atoms with Crippen molar-refractivity contribution in [2.75, 3.05) is 26.2 Å². The molecule has 0 unspecified atom stereocenters. The van der Waals surface area contributed by atoms with E-state index in [2.05, 4.69) is 9.88 Å². The van der Waals surface area contributed by atoms with Crippen LogP contribution in [0.25, 0.3) is 4.96 Å². The third kappa shape index (κ3) is 3.09. The normalized spacial score (nSPS) is 25.4. The Morgan fingerprint density at radius 2 is 1.96 bits per heavy atom. The second-order valence-corrected chi connectivity index (χ2v) is 7.70. The van der Waals surface area contributed by atoms with E-state index < -0.39 is 6.10 Å². The van der Waals surface area contributed by atoms with Gasteiger partial charge < -0.3 is 10.0 Å². The first-order valence-electron chi connectivity index (χ1n) is 8.81. The first-order valence-corrected chi connectivity index (χ1v) is 9.69. The molecule has 2 aromatic rings. The van der Waals surface area contributed by atoms with Crippen LogP contribution in [-0.4, -0.2) is 68.5 Å². The molecule has 0 spiro atoms. The molecule has 4 heterocycles. The first kappa shape index (κ1) is 16.7. The lowest BCUT2D eigenvalue weighted by Gasteiger charge is -2.29. The highest BCUT2D eigenvalue weighted by Gasteiger charge is 2.38. The van der Waals surface area contributed by atoms with Gasteiger partial charge >= 0.3 is 0 Å². The van der Waals surface area contributed by atoms with Crippen molar-refractivity contribution < 1.29 is 9.90 Å². The number of aliphatic hydroxyl groups is 1. The quantitative estimate of drug-likeness (QED) is 0.856. The Morgan fingerprint density at radius 3 is 2.72 bits per heavy atom. The van der Waals surface area contributed by atoms with Gasteiger partial charge in [0.05, 0.1) is 12.1 Å². The molecular formula is C17H22N4O3S. The molecule has 4 rings (SSSR count). The number of nitrogens with zero attached hydrogens (tertiary/aromatic N) is 4. The SMILES string of the molecule is O=C(c1cnc2sccn2c1=O)N1C[C@@H](O)[C@H](N2CCCCCC2)C1. The number of fused-ring (bicyclic) bond motifs is 1. The molecule has 2 aliphatic rings. The number of carbonyl (C=O) groups excluding carboxylic acids is 1. The lowest BCUT2D eigenvalue weighted by atomic mass is 10.1. The first-order chi connectivity index (χ1) is 12.1. The number of carbonyl (C=O) groups is 1. The van der Waals surface area contributed by atoms with E-state index in [-0.39, 0.29) is 29.6 Å². The van der Waals surface area contributed by atoms with Crippen molar-refractivity contribution in [3.8, 4) is 0 Å². The molecule has 1 N–H and O–H groups in total. The molecule has 7 nitrogen and oxygen atoms in total. The van der Waals surface area contributed by atoms with Crippen LogP contribution in [0.1, 0.15) is 36.0 Å². The summed E-state index contributed by atoms with van der Waals surface area (Å²) in [4.78, 5) is 34.0. The summed E-state index contributed by atoms with van der Waals surface area (Å²) in [7, 11) is 0. The maximum Gasteiger partial charge on any atom is 0.271 e. The van der Waals surface area contributed by atoms with Gasteiger partial charge in [-0.05, 0) is 25.9 Å². The van der Waals surface area contributed by atoms with Crippen molar-refractivity contribution in [1.82, 2.24) is 19.2 Å². The smallest absolute Gasteiger partial charge is 0.271 e. The monoisotopic (exact) mass is 362 g/mol. The van der Waals surface area contributed by atoms with Gasteiger partial charge in [-0.1, -0.05) is 12.8 Å². The number of hydrogen-bond acceptors (Lipinski definition) is 6. The summed E-state index contributed by atoms with van der Waals surface area (Å²) in [5.74, 6) is -0.338. The zero-order valence-corrected chi connectivity index (χ0v) is 14.8. The fraction of sp³-hybridized carbons (Fsp3) is 0.588. The number of likely N-dealkylation sites (tertiary alicyclic amines) is 2. The van der Waals surface area contributed by atoms with Crippen molar-refractivity contribution in [2.45, 2.75) is 37.8 Å². The molecule has 2 aromatic heterocycles. The average Bonchev–Trinajstić information content (AvgIpc) is 3.14. The van der Waals surface area contributed by atoms with Gasteiger partial charge in [0, 0.05) is 30.9 Å². The Bertz CT molecular complexity index is 825. The molecule has 0 bridgehead atoms. The van der Waals surface area contributed by atoms with Crippen molar-refractivity contribution in [2.24, 2.45) is 0 Å². The lowest BCUT2D eigenvalue weighted by molar-refractivity contribution is 0.0758. The largest absolute Gasteiger partial charge is 0.390 e. The number of β-amino-alcohol motifs (C(OH)–C–C–N with tert-alkyl or cyclic N) is 1. The summed E-state index contributed by atoms with van der Waals surface area (Å²) in [5, 5.41) is 12.2. The molecule has 2 atom stereocenters. The van der Waals surface area contributed by atoms with Crippen LogP contribution in [0.15, 0.2) is 22.6 Å². The van der Waals surface area contributed by atoms with Gasteiger partial charge in [-0.2, -0.15) is 0 Å². The van der Waals surface area contributed by atoms with E-state index in [4.69, 9.17) is 0 Å². The number of thiazole rings is 1. The zero-order valence-electron chi connectivity index (χ0n) is 14.0. The van der Waals surface area contributed by atoms with E-state index in [9.17, 15) is 14.7 Å². The van der Waals surface area contributed by atoms with E-state index in [1.165, 1.54) is 34.8 Å². The second-order valence-electron chi connectivity index (χ2n) is 6.83. The molecule has 2 saturated heterocycles. The molecule has 0 aromatic carbocycles. The topological polar surface area (TPSA) is 78.2 Å². The van der Waals surface area contributed by atoms with E-state index >= 15 is 0 Å². The third-order valence-corrected chi connectivity index (χ3v) is 6.00. The highest BCUT2D eigenvalue weighted by molar-refractivity contribution is 7.15.